The molecule has 0 saturated heterocycles. The van der Waals surface area contributed by atoms with Crippen molar-refractivity contribution in [1.29, 1.82) is 0 Å². The summed E-state index contributed by atoms with van der Waals surface area (Å²) in [6.07, 6.45) is 0.894. The summed E-state index contributed by atoms with van der Waals surface area (Å²) < 4.78 is 12.8. The molecule has 0 saturated carbocycles. The third-order valence-corrected chi connectivity index (χ3v) is 3.12. The quantitative estimate of drug-likeness (QED) is 0.857. The first-order valence-corrected chi connectivity index (χ1v) is 5.95. The van der Waals surface area contributed by atoms with E-state index in [-0.39, 0.29) is 17.8 Å². The van der Waals surface area contributed by atoms with Gasteiger partial charge in [-0.15, -0.1) is 0 Å². The molecular weight excluding hydrogens is 217 g/mol. The molecule has 0 fully saturated rings. The molecule has 0 spiro atoms. The van der Waals surface area contributed by atoms with Crippen molar-refractivity contribution < 1.29 is 9.18 Å². The second-order valence-corrected chi connectivity index (χ2v) is 4.91. The van der Waals surface area contributed by atoms with Gasteiger partial charge in [-0.25, -0.2) is 4.39 Å². The minimum atomic E-state index is -0.642. The number of carbonyl (C=O) groups is 1. The maximum Gasteiger partial charge on any atom is 0.230 e. The lowest BCUT2D eigenvalue weighted by Crippen LogP contribution is -2.43. The van der Waals surface area contributed by atoms with E-state index >= 15 is 0 Å². The number of nitrogens with one attached hydrogen (secondary N) is 1. The van der Waals surface area contributed by atoms with Crippen molar-refractivity contribution in [3.63, 3.8) is 0 Å². The molecular formula is C14H20FNO. The highest BCUT2D eigenvalue weighted by Gasteiger charge is 2.30. The molecule has 0 radical (unpaired) electrons. The topological polar surface area (TPSA) is 29.1 Å². The predicted octanol–water partition coefficient (Wildman–Crippen LogP) is 3.02. The van der Waals surface area contributed by atoms with Gasteiger partial charge in [0, 0.05) is 6.04 Å². The van der Waals surface area contributed by atoms with Crippen LogP contribution in [0.3, 0.4) is 0 Å². The summed E-state index contributed by atoms with van der Waals surface area (Å²) in [5.41, 5.74) is 0.177. The van der Waals surface area contributed by atoms with Crippen LogP contribution in [-0.2, 0) is 10.2 Å². The van der Waals surface area contributed by atoms with Crippen LogP contribution in [0.1, 0.15) is 39.7 Å². The molecule has 0 aliphatic rings. The van der Waals surface area contributed by atoms with Gasteiger partial charge in [-0.1, -0.05) is 19.1 Å². The Morgan fingerprint density at radius 2 is 1.88 bits per heavy atom. The summed E-state index contributed by atoms with van der Waals surface area (Å²) in [4.78, 5) is 12.1. The Hall–Kier alpha value is -1.38. The molecule has 0 aliphatic heterocycles. The lowest BCUT2D eigenvalue weighted by Gasteiger charge is -2.26. The van der Waals surface area contributed by atoms with E-state index in [9.17, 15) is 9.18 Å². The average Bonchev–Trinajstić information content (AvgIpc) is 2.29. The van der Waals surface area contributed by atoms with E-state index in [4.69, 9.17) is 0 Å². The Morgan fingerprint density at radius 3 is 2.35 bits per heavy atom. The molecule has 1 atom stereocenters. The van der Waals surface area contributed by atoms with E-state index in [0.29, 0.717) is 0 Å². The van der Waals surface area contributed by atoms with Crippen molar-refractivity contribution in [2.45, 2.75) is 45.6 Å². The molecule has 94 valence electrons. The van der Waals surface area contributed by atoms with Gasteiger partial charge in [0.25, 0.3) is 0 Å². The highest BCUT2D eigenvalue weighted by molar-refractivity contribution is 5.87. The van der Waals surface area contributed by atoms with Crippen molar-refractivity contribution in [3.05, 3.63) is 35.6 Å². The summed E-state index contributed by atoms with van der Waals surface area (Å²) in [5.74, 6) is -0.314. The Labute approximate surface area is 102 Å². The smallest absolute Gasteiger partial charge is 0.230 e. The standard InChI is InChI=1S/C14H20FNO/c1-5-10(2)16-13(17)14(3,4)11-6-8-12(15)9-7-11/h6-10H,5H2,1-4H3,(H,16,17). The summed E-state index contributed by atoms with van der Waals surface area (Å²) in [7, 11) is 0. The highest BCUT2D eigenvalue weighted by atomic mass is 19.1. The second kappa shape index (κ2) is 5.30. The summed E-state index contributed by atoms with van der Waals surface area (Å²) in [6.45, 7) is 7.68. The largest absolute Gasteiger partial charge is 0.353 e. The highest BCUT2D eigenvalue weighted by Crippen LogP contribution is 2.23. The lowest BCUT2D eigenvalue weighted by molar-refractivity contribution is -0.126. The lowest BCUT2D eigenvalue weighted by atomic mass is 9.83. The molecule has 2 nitrogen and oxygen atoms in total. The minimum Gasteiger partial charge on any atom is -0.353 e. The van der Waals surface area contributed by atoms with Crippen molar-refractivity contribution in [2.75, 3.05) is 0 Å². The molecule has 1 aromatic carbocycles. The zero-order valence-corrected chi connectivity index (χ0v) is 10.9. The van der Waals surface area contributed by atoms with Gasteiger partial charge >= 0.3 is 0 Å². The van der Waals surface area contributed by atoms with Crippen LogP contribution >= 0.6 is 0 Å². The van der Waals surface area contributed by atoms with E-state index < -0.39 is 5.41 Å². The van der Waals surface area contributed by atoms with Gasteiger partial charge < -0.3 is 5.32 Å². The molecule has 3 heteroatoms. The number of hydrogen-bond acceptors (Lipinski definition) is 1. The molecule has 1 amide bonds. The van der Waals surface area contributed by atoms with Crippen LogP contribution < -0.4 is 5.32 Å². The normalized spacial score (nSPS) is 13.2. The first kappa shape index (κ1) is 13.7. The molecule has 0 aliphatic carbocycles. The second-order valence-electron chi connectivity index (χ2n) is 4.91. The summed E-state index contributed by atoms with van der Waals surface area (Å²) >= 11 is 0. The van der Waals surface area contributed by atoms with Gasteiger partial charge in [0.05, 0.1) is 5.41 Å². The van der Waals surface area contributed by atoms with Crippen LogP contribution in [0.5, 0.6) is 0 Å². The van der Waals surface area contributed by atoms with Gasteiger partial charge in [0.2, 0.25) is 5.91 Å². The Bertz CT molecular complexity index is 384. The molecule has 0 aromatic heterocycles. The fourth-order valence-electron chi connectivity index (χ4n) is 1.50. The van der Waals surface area contributed by atoms with Gasteiger partial charge in [-0.2, -0.15) is 0 Å². The van der Waals surface area contributed by atoms with Gasteiger partial charge in [0.1, 0.15) is 5.82 Å². The fraction of sp³-hybridized carbons (Fsp3) is 0.500. The zero-order valence-electron chi connectivity index (χ0n) is 10.9. The molecule has 0 bridgehead atoms. The first-order valence-electron chi connectivity index (χ1n) is 5.95. The monoisotopic (exact) mass is 237 g/mol. The van der Waals surface area contributed by atoms with Crippen LogP contribution in [0.4, 0.5) is 4.39 Å². The number of rotatable bonds is 4. The summed E-state index contributed by atoms with van der Waals surface area (Å²) in [6, 6.07) is 6.24. The van der Waals surface area contributed by atoms with E-state index in [1.54, 1.807) is 12.1 Å². The van der Waals surface area contributed by atoms with Crippen LogP contribution in [0.15, 0.2) is 24.3 Å². The Morgan fingerprint density at radius 1 is 1.35 bits per heavy atom. The van der Waals surface area contributed by atoms with E-state index in [1.165, 1.54) is 12.1 Å². The SMILES string of the molecule is CCC(C)NC(=O)C(C)(C)c1ccc(F)cc1. The van der Waals surface area contributed by atoms with E-state index in [2.05, 4.69) is 5.32 Å². The van der Waals surface area contributed by atoms with E-state index in [1.807, 2.05) is 27.7 Å². The number of amides is 1. The van der Waals surface area contributed by atoms with Crippen molar-refractivity contribution in [2.24, 2.45) is 0 Å². The van der Waals surface area contributed by atoms with Crippen LogP contribution in [-0.4, -0.2) is 11.9 Å². The third kappa shape index (κ3) is 3.29. The molecule has 1 aromatic rings. The van der Waals surface area contributed by atoms with Gasteiger partial charge in [-0.3, -0.25) is 4.79 Å². The third-order valence-electron chi connectivity index (χ3n) is 3.12. The molecule has 17 heavy (non-hydrogen) atoms. The number of benzene rings is 1. The Balaban J connectivity index is 2.86. The first-order chi connectivity index (χ1) is 7.87. The van der Waals surface area contributed by atoms with Gasteiger partial charge in [-0.05, 0) is 44.9 Å². The Kier molecular flexibility index (Phi) is 4.27. The predicted molar refractivity (Wildman–Crippen MR) is 67.3 cm³/mol. The maximum absolute atomic E-state index is 12.8. The number of carbonyl (C=O) groups excluding carboxylic acids is 1. The molecule has 1 N–H and O–H groups in total. The van der Waals surface area contributed by atoms with Crippen LogP contribution in [0, 0.1) is 5.82 Å². The van der Waals surface area contributed by atoms with Crippen LogP contribution in [0.2, 0.25) is 0 Å². The minimum absolute atomic E-state index is 0.0292. The maximum atomic E-state index is 12.8. The fourth-order valence-corrected chi connectivity index (χ4v) is 1.50. The number of hydrogen-bond donors (Lipinski definition) is 1. The molecule has 1 rings (SSSR count). The molecule has 1 unspecified atom stereocenters. The van der Waals surface area contributed by atoms with Crippen molar-refractivity contribution in [1.82, 2.24) is 5.32 Å². The molecule has 0 heterocycles. The average molecular weight is 237 g/mol. The number of halogens is 1. The van der Waals surface area contributed by atoms with Crippen molar-refractivity contribution >= 4 is 5.91 Å². The van der Waals surface area contributed by atoms with E-state index in [0.717, 1.165) is 12.0 Å². The van der Waals surface area contributed by atoms with Crippen LogP contribution in [0.25, 0.3) is 0 Å². The van der Waals surface area contributed by atoms with Crippen molar-refractivity contribution in [3.8, 4) is 0 Å². The zero-order chi connectivity index (χ0) is 13.1. The van der Waals surface area contributed by atoms with Gasteiger partial charge in [0.15, 0.2) is 0 Å². The summed E-state index contributed by atoms with van der Waals surface area (Å²) in [5, 5.41) is 2.95.